The number of ether oxygens (including phenoxy) is 1. The van der Waals surface area contributed by atoms with E-state index >= 15 is 0 Å². The van der Waals surface area contributed by atoms with Crippen molar-refractivity contribution >= 4 is 6.03 Å². The maximum absolute atomic E-state index is 13.4. The van der Waals surface area contributed by atoms with Gasteiger partial charge in [-0.2, -0.15) is 0 Å². The van der Waals surface area contributed by atoms with Gasteiger partial charge in [0.15, 0.2) is 0 Å². The number of benzene rings is 1. The smallest absolute Gasteiger partial charge is 0.315 e. The quantitative estimate of drug-likeness (QED) is 0.846. The van der Waals surface area contributed by atoms with Crippen LogP contribution in [0.1, 0.15) is 57.9 Å². The lowest BCUT2D eigenvalue weighted by atomic mass is 9.68. The molecule has 1 aliphatic carbocycles. The third-order valence-corrected chi connectivity index (χ3v) is 6.23. The van der Waals surface area contributed by atoms with Gasteiger partial charge in [0.1, 0.15) is 5.82 Å². The largest absolute Gasteiger partial charge is 0.381 e. The lowest BCUT2D eigenvalue weighted by Crippen LogP contribution is -2.48. The number of carbonyl (C=O) groups excluding carboxylic acids is 1. The predicted octanol–water partition coefficient (Wildman–Crippen LogP) is 4.14. The molecule has 1 heterocycles. The van der Waals surface area contributed by atoms with E-state index in [0.717, 1.165) is 44.5 Å². The number of rotatable bonds is 4. The number of halogens is 1. The first-order valence-electron chi connectivity index (χ1n) is 9.77. The molecule has 1 aromatic rings. The van der Waals surface area contributed by atoms with E-state index in [1.54, 1.807) is 6.07 Å². The van der Waals surface area contributed by atoms with Gasteiger partial charge in [-0.1, -0.05) is 26.0 Å². The monoisotopic (exact) mass is 362 g/mol. The van der Waals surface area contributed by atoms with Crippen LogP contribution in [0.3, 0.4) is 0 Å². The fraction of sp³-hybridized carbons (Fsp3) is 0.667. The molecule has 3 rings (SSSR count). The molecule has 0 atom stereocenters. The Morgan fingerprint density at radius 3 is 2.58 bits per heavy atom. The molecular formula is C21H31FN2O2. The van der Waals surface area contributed by atoms with Crippen LogP contribution in [0.15, 0.2) is 24.3 Å². The molecule has 2 fully saturated rings. The molecule has 0 unspecified atom stereocenters. The highest BCUT2D eigenvalue weighted by Crippen LogP contribution is 2.44. The fourth-order valence-electron chi connectivity index (χ4n) is 4.23. The highest BCUT2D eigenvalue weighted by Gasteiger charge is 2.37. The van der Waals surface area contributed by atoms with Crippen LogP contribution in [0.4, 0.5) is 9.18 Å². The third kappa shape index (κ3) is 4.76. The van der Waals surface area contributed by atoms with Gasteiger partial charge in [0.05, 0.1) is 0 Å². The molecule has 144 valence electrons. The number of hydrogen-bond acceptors (Lipinski definition) is 2. The summed E-state index contributed by atoms with van der Waals surface area (Å²) in [7, 11) is 0. The summed E-state index contributed by atoms with van der Waals surface area (Å²) >= 11 is 0. The summed E-state index contributed by atoms with van der Waals surface area (Å²) in [5.41, 5.74) is 1.02. The summed E-state index contributed by atoms with van der Waals surface area (Å²) < 4.78 is 18.9. The van der Waals surface area contributed by atoms with Crippen LogP contribution in [-0.2, 0) is 10.2 Å². The first-order valence-corrected chi connectivity index (χ1v) is 9.77. The van der Waals surface area contributed by atoms with E-state index < -0.39 is 0 Å². The zero-order chi connectivity index (χ0) is 18.6. The van der Waals surface area contributed by atoms with Gasteiger partial charge in [-0.05, 0) is 61.6 Å². The molecule has 1 spiro atoms. The highest BCUT2D eigenvalue weighted by atomic mass is 19.1. The van der Waals surface area contributed by atoms with Crippen LogP contribution in [0, 0.1) is 11.2 Å². The summed E-state index contributed by atoms with van der Waals surface area (Å²) in [6.45, 7) is 6.26. The molecule has 1 saturated heterocycles. The number of nitrogens with one attached hydrogen (secondary N) is 2. The van der Waals surface area contributed by atoms with E-state index in [2.05, 4.69) is 10.6 Å². The third-order valence-electron chi connectivity index (χ3n) is 6.23. The molecule has 0 bridgehead atoms. The van der Waals surface area contributed by atoms with Crippen molar-refractivity contribution in [1.82, 2.24) is 10.6 Å². The van der Waals surface area contributed by atoms with Crippen molar-refractivity contribution in [3.63, 3.8) is 0 Å². The number of hydrogen-bond donors (Lipinski definition) is 2. The van der Waals surface area contributed by atoms with Crippen LogP contribution in [0.5, 0.6) is 0 Å². The van der Waals surface area contributed by atoms with Crippen molar-refractivity contribution in [1.29, 1.82) is 0 Å². The average Bonchev–Trinajstić information content (AvgIpc) is 2.63. The molecule has 26 heavy (non-hydrogen) atoms. The van der Waals surface area contributed by atoms with Gasteiger partial charge in [0.2, 0.25) is 0 Å². The van der Waals surface area contributed by atoms with Crippen LogP contribution < -0.4 is 10.6 Å². The molecular weight excluding hydrogens is 331 g/mol. The van der Waals surface area contributed by atoms with E-state index in [9.17, 15) is 9.18 Å². The first kappa shape index (κ1) is 19.2. The van der Waals surface area contributed by atoms with Crippen LogP contribution >= 0.6 is 0 Å². The van der Waals surface area contributed by atoms with E-state index in [-0.39, 0.29) is 23.3 Å². The van der Waals surface area contributed by atoms with Gasteiger partial charge in [-0.15, -0.1) is 0 Å². The zero-order valence-electron chi connectivity index (χ0n) is 15.9. The SMILES string of the molecule is CC(C)(CNC(=O)NC1CCC2(CCOCC2)CC1)c1cccc(F)c1. The van der Waals surface area contributed by atoms with Gasteiger partial charge in [0, 0.05) is 31.2 Å². The Morgan fingerprint density at radius 1 is 1.23 bits per heavy atom. The Kier molecular flexibility index (Phi) is 5.86. The Morgan fingerprint density at radius 2 is 1.92 bits per heavy atom. The van der Waals surface area contributed by atoms with Gasteiger partial charge in [-0.25, -0.2) is 9.18 Å². The van der Waals surface area contributed by atoms with Gasteiger partial charge in [0.25, 0.3) is 0 Å². The maximum Gasteiger partial charge on any atom is 0.315 e. The van der Waals surface area contributed by atoms with E-state index in [1.165, 1.54) is 25.0 Å². The first-order chi connectivity index (χ1) is 12.4. The molecule has 1 saturated carbocycles. The molecule has 2 aliphatic rings. The van der Waals surface area contributed by atoms with Crippen LogP contribution in [0.2, 0.25) is 0 Å². The average molecular weight is 362 g/mol. The Hall–Kier alpha value is -1.62. The molecule has 1 aliphatic heterocycles. The topological polar surface area (TPSA) is 50.4 Å². The minimum atomic E-state index is -0.321. The molecule has 5 heteroatoms. The van der Waals surface area contributed by atoms with Crippen molar-refractivity contribution in [3.8, 4) is 0 Å². The Bertz CT molecular complexity index is 616. The second-order valence-electron chi connectivity index (χ2n) is 8.61. The number of amides is 2. The highest BCUT2D eigenvalue weighted by molar-refractivity contribution is 5.74. The van der Waals surface area contributed by atoms with Crippen molar-refractivity contribution in [2.75, 3.05) is 19.8 Å². The lowest BCUT2D eigenvalue weighted by Gasteiger charge is -2.42. The standard InChI is InChI=1S/C21H31FN2O2/c1-20(2,16-4-3-5-17(22)14-16)15-23-19(25)24-18-6-8-21(9-7-18)10-12-26-13-11-21/h3-5,14,18H,6-13,15H2,1-2H3,(H2,23,24,25). The summed E-state index contributed by atoms with van der Waals surface area (Å²) in [5, 5.41) is 6.09. The Labute approximate surface area is 155 Å². The van der Waals surface area contributed by atoms with Crippen molar-refractivity contribution in [2.45, 2.75) is 63.8 Å². The number of urea groups is 1. The van der Waals surface area contributed by atoms with E-state index in [1.807, 2.05) is 19.9 Å². The minimum absolute atomic E-state index is 0.123. The summed E-state index contributed by atoms with van der Waals surface area (Å²) in [6, 6.07) is 6.71. The van der Waals surface area contributed by atoms with E-state index in [4.69, 9.17) is 4.74 Å². The van der Waals surface area contributed by atoms with Crippen LogP contribution in [-0.4, -0.2) is 31.8 Å². The van der Waals surface area contributed by atoms with Gasteiger partial charge >= 0.3 is 6.03 Å². The molecule has 2 N–H and O–H groups in total. The summed E-state index contributed by atoms with van der Waals surface area (Å²) in [6.07, 6.45) is 6.76. The normalized spacial score (nSPS) is 20.7. The maximum atomic E-state index is 13.4. The molecule has 4 nitrogen and oxygen atoms in total. The second-order valence-corrected chi connectivity index (χ2v) is 8.61. The second kappa shape index (κ2) is 7.95. The van der Waals surface area contributed by atoms with Crippen molar-refractivity contribution in [3.05, 3.63) is 35.6 Å². The Balaban J connectivity index is 1.44. The van der Waals surface area contributed by atoms with E-state index in [0.29, 0.717) is 12.0 Å². The van der Waals surface area contributed by atoms with Crippen molar-refractivity contribution in [2.24, 2.45) is 5.41 Å². The molecule has 1 aromatic carbocycles. The fourth-order valence-corrected chi connectivity index (χ4v) is 4.23. The minimum Gasteiger partial charge on any atom is -0.381 e. The van der Waals surface area contributed by atoms with Gasteiger partial charge < -0.3 is 15.4 Å². The molecule has 2 amide bonds. The zero-order valence-corrected chi connectivity index (χ0v) is 15.9. The molecule has 0 aromatic heterocycles. The lowest BCUT2D eigenvalue weighted by molar-refractivity contribution is -0.00860. The van der Waals surface area contributed by atoms with Crippen molar-refractivity contribution < 1.29 is 13.9 Å². The predicted molar refractivity (Wildman–Crippen MR) is 101 cm³/mol. The van der Waals surface area contributed by atoms with Gasteiger partial charge in [-0.3, -0.25) is 0 Å². The number of carbonyl (C=O) groups is 1. The van der Waals surface area contributed by atoms with Crippen LogP contribution in [0.25, 0.3) is 0 Å². The summed E-state index contributed by atoms with van der Waals surface area (Å²) in [5.74, 6) is -0.246. The molecule has 0 radical (unpaired) electrons. The summed E-state index contributed by atoms with van der Waals surface area (Å²) in [4.78, 5) is 12.3.